The maximum absolute atomic E-state index is 12.6. The van der Waals surface area contributed by atoms with E-state index in [0.717, 1.165) is 6.07 Å². The van der Waals surface area contributed by atoms with E-state index in [0.29, 0.717) is 37.4 Å². The van der Waals surface area contributed by atoms with Crippen molar-refractivity contribution >= 4 is 17.8 Å². The standard InChI is InChI=1S/C15H19F3N6O2/c1-8-10(6-11(26-8)15(16,17)18)7-20-12(25)9-2-4-24(5-3-9)14-21-13(19)22-23-14/h6,9H,2-5,7H2,1H3,(H,20,25)(H3,19,21,22,23). The van der Waals surface area contributed by atoms with Crippen LogP contribution in [0.4, 0.5) is 25.1 Å². The van der Waals surface area contributed by atoms with Crippen molar-refractivity contribution in [3.8, 4) is 0 Å². The van der Waals surface area contributed by atoms with Gasteiger partial charge in [0.1, 0.15) is 5.76 Å². The molecule has 4 N–H and O–H groups in total. The topological polar surface area (TPSA) is 113 Å². The first kappa shape index (κ1) is 18.1. The number of carbonyl (C=O) groups is 1. The molecule has 142 valence electrons. The van der Waals surface area contributed by atoms with Crippen LogP contribution >= 0.6 is 0 Å². The Balaban J connectivity index is 1.51. The van der Waals surface area contributed by atoms with Gasteiger partial charge >= 0.3 is 6.18 Å². The molecule has 0 atom stereocenters. The number of furan rings is 1. The number of hydrogen-bond donors (Lipinski definition) is 3. The Kier molecular flexibility index (Phi) is 4.79. The zero-order valence-electron chi connectivity index (χ0n) is 14.1. The van der Waals surface area contributed by atoms with Gasteiger partial charge in [0, 0.05) is 31.1 Å². The molecule has 1 fully saturated rings. The third kappa shape index (κ3) is 3.92. The molecular formula is C15H19F3N6O2. The molecule has 26 heavy (non-hydrogen) atoms. The van der Waals surface area contributed by atoms with Gasteiger partial charge in [0.25, 0.3) is 0 Å². The summed E-state index contributed by atoms with van der Waals surface area (Å²) in [4.78, 5) is 18.3. The fraction of sp³-hybridized carbons (Fsp3) is 0.533. The molecule has 0 spiro atoms. The van der Waals surface area contributed by atoms with Crippen LogP contribution in [0.3, 0.4) is 0 Å². The number of halogens is 3. The summed E-state index contributed by atoms with van der Waals surface area (Å²) in [5.41, 5.74) is 5.79. The van der Waals surface area contributed by atoms with Gasteiger partial charge in [-0.1, -0.05) is 0 Å². The number of rotatable bonds is 4. The highest BCUT2D eigenvalue weighted by Gasteiger charge is 2.35. The van der Waals surface area contributed by atoms with E-state index in [-0.39, 0.29) is 30.1 Å². The molecule has 1 saturated heterocycles. The van der Waals surface area contributed by atoms with Crippen LogP contribution in [0.2, 0.25) is 0 Å². The molecule has 11 heteroatoms. The fourth-order valence-electron chi connectivity index (χ4n) is 2.92. The highest BCUT2D eigenvalue weighted by atomic mass is 19.4. The molecule has 1 amide bonds. The number of nitrogens with one attached hydrogen (secondary N) is 2. The summed E-state index contributed by atoms with van der Waals surface area (Å²) in [6.45, 7) is 2.66. The number of H-pyrrole nitrogens is 1. The maximum atomic E-state index is 12.6. The van der Waals surface area contributed by atoms with Crippen molar-refractivity contribution in [2.75, 3.05) is 23.7 Å². The lowest BCUT2D eigenvalue weighted by molar-refractivity contribution is -0.153. The minimum absolute atomic E-state index is 0.00307. The molecule has 0 saturated carbocycles. The number of aromatic nitrogens is 3. The van der Waals surface area contributed by atoms with Crippen LogP contribution in [-0.4, -0.2) is 34.2 Å². The summed E-state index contributed by atoms with van der Waals surface area (Å²) in [6.07, 6.45) is -3.33. The van der Waals surface area contributed by atoms with E-state index >= 15 is 0 Å². The molecule has 3 rings (SSSR count). The first-order chi connectivity index (χ1) is 12.2. The summed E-state index contributed by atoms with van der Waals surface area (Å²) in [5, 5.41) is 9.18. The molecule has 0 aromatic carbocycles. The number of aromatic amines is 1. The molecule has 0 unspecified atom stereocenters. The Morgan fingerprint density at radius 3 is 2.69 bits per heavy atom. The fourth-order valence-corrected chi connectivity index (χ4v) is 2.92. The van der Waals surface area contributed by atoms with Gasteiger partial charge in [0.2, 0.25) is 23.6 Å². The molecule has 3 heterocycles. The molecule has 1 aliphatic rings. The Bertz CT molecular complexity index is 777. The second-order valence-electron chi connectivity index (χ2n) is 6.19. The minimum Gasteiger partial charge on any atom is -0.456 e. The van der Waals surface area contributed by atoms with E-state index in [1.54, 1.807) is 0 Å². The van der Waals surface area contributed by atoms with Gasteiger partial charge in [-0.05, 0) is 25.8 Å². The number of nitrogens with zero attached hydrogens (tertiary/aromatic N) is 3. The summed E-state index contributed by atoms with van der Waals surface area (Å²) >= 11 is 0. The van der Waals surface area contributed by atoms with Gasteiger partial charge in [-0.2, -0.15) is 18.2 Å². The lowest BCUT2D eigenvalue weighted by Gasteiger charge is -2.30. The molecule has 1 aliphatic heterocycles. The second kappa shape index (κ2) is 6.89. The van der Waals surface area contributed by atoms with Crippen LogP contribution in [0.15, 0.2) is 10.5 Å². The Morgan fingerprint density at radius 1 is 1.46 bits per heavy atom. The van der Waals surface area contributed by atoms with Crippen LogP contribution in [0.1, 0.15) is 29.9 Å². The lowest BCUT2D eigenvalue weighted by atomic mass is 9.96. The number of carbonyl (C=O) groups excluding carboxylic acids is 1. The van der Waals surface area contributed by atoms with Gasteiger partial charge < -0.3 is 20.4 Å². The van der Waals surface area contributed by atoms with E-state index in [9.17, 15) is 18.0 Å². The first-order valence-electron chi connectivity index (χ1n) is 8.11. The summed E-state index contributed by atoms with van der Waals surface area (Å²) < 4.78 is 42.6. The van der Waals surface area contributed by atoms with Crippen LogP contribution in [-0.2, 0) is 17.5 Å². The Morgan fingerprint density at radius 2 is 2.15 bits per heavy atom. The molecule has 8 nitrogen and oxygen atoms in total. The largest absolute Gasteiger partial charge is 0.456 e. The van der Waals surface area contributed by atoms with Crippen LogP contribution in [0.5, 0.6) is 0 Å². The monoisotopic (exact) mass is 372 g/mol. The van der Waals surface area contributed by atoms with E-state index < -0.39 is 11.9 Å². The van der Waals surface area contributed by atoms with Crippen LogP contribution < -0.4 is 16.0 Å². The van der Waals surface area contributed by atoms with Crippen molar-refractivity contribution < 1.29 is 22.4 Å². The number of aryl methyl sites for hydroxylation is 1. The molecule has 0 radical (unpaired) electrons. The van der Waals surface area contributed by atoms with Crippen molar-refractivity contribution in [1.82, 2.24) is 20.5 Å². The quantitative estimate of drug-likeness (QED) is 0.755. The van der Waals surface area contributed by atoms with Crippen molar-refractivity contribution in [2.45, 2.75) is 32.5 Å². The zero-order valence-corrected chi connectivity index (χ0v) is 14.1. The molecular weight excluding hydrogens is 353 g/mol. The van der Waals surface area contributed by atoms with Crippen molar-refractivity contribution in [2.24, 2.45) is 5.92 Å². The third-order valence-corrected chi connectivity index (χ3v) is 4.41. The number of alkyl halides is 3. The van der Waals surface area contributed by atoms with Crippen molar-refractivity contribution in [1.29, 1.82) is 0 Å². The maximum Gasteiger partial charge on any atom is 0.449 e. The molecule has 0 aliphatic carbocycles. The normalized spacial score (nSPS) is 16.1. The second-order valence-corrected chi connectivity index (χ2v) is 6.19. The van der Waals surface area contributed by atoms with Gasteiger partial charge in [0.05, 0.1) is 0 Å². The highest BCUT2D eigenvalue weighted by molar-refractivity contribution is 5.79. The average Bonchev–Trinajstić information content (AvgIpc) is 3.18. The summed E-state index contributed by atoms with van der Waals surface area (Å²) in [6, 6.07) is 0.923. The van der Waals surface area contributed by atoms with Crippen molar-refractivity contribution in [3.63, 3.8) is 0 Å². The number of amides is 1. The molecule has 0 bridgehead atoms. The van der Waals surface area contributed by atoms with Gasteiger partial charge in [-0.15, -0.1) is 5.10 Å². The summed E-state index contributed by atoms with van der Waals surface area (Å²) in [7, 11) is 0. The van der Waals surface area contributed by atoms with E-state index in [4.69, 9.17) is 10.2 Å². The SMILES string of the molecule is Cc1oc(C(F)(F)F)cc1CNC(=O)C1CCN(c2nc(N)n[nH]2)CC1. The smallest absolute Gasteiger partial charge is 0.449 e. The lowest BCUT2D eigenvalue weighted by Crippen LogP contribution is -2.40. The van der Waals surface area contributed by atoms with Crippen LogP contribution in [0, 0.1) is 12.8 Å². The Labute approximate surface area is 146 Å². The number of piperidine rings is 1. The highest BCUT2D eigenvalue weighted by Crippen LogP contribution is 2.32. The van der Waals surface area contributed by atoms with E-state index in [1.165, 1.54) is 6.92 Å². The van der Waals surface area contributed by atoms with Gasteiger partial charge in [-0.25, -0.2) is 5.10 Å². The summed E-state index contributed by atoms with van der Waals surface area (Å²) in [5.74, 6) is -0.574. The van der Waals surface area contributed by atoms with E-state index in [2.05, 4.69) is 20.5 Å². The number of nitrogen functional groups attached to an aromatic ring is 1. The van der Waals surface area contributed by atoms with Crippen molar-refractivity contribution in [3.05, 3.63) is 23.2 Å². The average molecular weight is 372 g/mol. The molecule has 2 aromatic heterocycles. The minimum atomic E-state index is -4.54. The predicted molar refractivity (Wildman–Crippen MR) is 86.0 cm³/mol. The molecule has 2 aromatic rings. The third-order valence-electron chi connectivity index (χ3n) is 4.41. The zero-order chi connectivity index (χ0) is 18.9. The number of anilines is 2. The number of hydrogen-bond acceptors (Lipinski definition) is 6. The predicted octanol–water partition coefficient (Wildman–Crippen LogP) is 1.84. The Hall–Kier alpha value is -2.72. The van der Waals surface area contributed by atoms with Gasteiger partial charge in [-0.3, -0.25) is 4.79 Å². The van der Waals surface area contributed by atoms with Gasteiger partial charge in [0.15, 0.2) is 0 Å². The van der Waals surface area contributed by atoms with Crippen LogP contribution in [0.25, 0.3) is 0 Å². The number of nitrogens with two attached hydrogens (primary N) is 1. The first-order valence-corrected chi connectivity index (χ1v) is 8.11. The van der Waals surface area contributed by atoms with E-state index in [1.807, 2.05) is 4.90 Å².